The number of nitrogens with zero attached hydrogens (tertiary/aromatic N) is 3. The zero-order chi connectivity index (χ0) is 13.8. The van der Waals surface area contributed by atoms with Gasteiger partial charge in [0.05, 0.1) is 17.7 Å². The highest BCUT2D eigenvalue weighted by molar-refractivity contribution is 7.98. The van der Waals surface area contributed by atoms with Gasteiger partial charge in [-0.05, 0) is 12.1 Å². The summed E-state index contributed by atoms with van der Waals surface area (Å²) in [7, 11) is 0. The van der Waals surface area contributed by atoms with Crippen molar-refractivity contribution < 1.29 is 9.90 Å². The zero-order valence-electron chi connectivity index (χ0n) is 10.3. The number of benzene rings is 1. The average molecular weight is 279 g/mol. The minimum absolute atomic E-state index is 0.0560. The van der Waals surface area contributed by atoms with E-state index in [0.29, 0.717) is 16.8 Å². The van der Waals surface area contributed by atoms with Crippen molar-refractivity contribution in [3.8, 4) is 0 Å². The van der Waals surface area contributed by atoms with Gasteiger partial charge in [0.25, 0.3) is 5.56 Å². The van der Waals surface area contributed by atoms with Crippen LogP contribution in [0.25, 0.3) is 10.9 Å². The molecular formula is C12H13N3O3S. The Hall–Kier alpha value is -1.89. The van der Waals surface area contributed by atoms with Crippen molar-refractivity contribution in [2.45, 2.75) is 24.5 Å². The van der Waals surface area contributed by atoms with E-state index >= 15 is 0 Å². The summed E-state index contributed by atoms with van der Waals surface area (Å²) in [4.78, 5) is 22.6. The largest absolute Gasteiger partial charge is 0.481 e. The van der Waals surface area contributed by atoms with E-state index in [9.17, 15) is 9.59 Å². The van der Waals surface area contributed by atoms with Crippen LogP contribution in [0.3, 0.4) is 0 Å². The lowest BCUT2D eigenvalue weighted by Gasteiger charge is -2.09. The van der Waals surface area contributed by atoms with Gasteiger partial charge < -0.3 is 5.11 Å². The number of aliphatic carboxylic acids is 1. The third kappa shape index (κ3) is 3.31. The van der Waals surface area contributed by atoms with Crippen molar-refractivity contribution in [2.75, 3.05) is 0 Å². The maximum absolute atomic E-state index is 12.1. The SMILES string of the molecule is CC(CC(=O)O)SCn1nnc2ccccc2c1=O. The van der Waals surface area contributed by atoms with Gasteiger partial charge in [-0.3, -0.25) is 9.59 Å². The molecule has 0 aliphatic heterocycles. The predicted molar refractivity (Wildman–Crippen MR) is 73.1 cm³/mol. The first kappa shape index (κ1) is 13.5. The minimum atomic E-state index is -0.850. The fraction of sp³-hybridized carbons (Fsp3) is 0.333. The van der Waals surface area contributed by atoms with Gasteiger partial charge in [-0.2, -0.15) is 0 Å². The van der Waals surface area contributed by atoms with Gasteiger partial charge in [0.2, 0.25) is 0 Å². The second-order valence-corrected chi connectivity index (χ2v) is 5.51. The summed E-state index contributed by atoms with van der Waals surface area (Å²) in [6.45, 7) is 1.80. The van der Waals surface area contributed by atoms with Gasteiger partial charge in [0.15, 0.2) is 0 Å². The Labute approximate surface area is 113 Å². The van der Waals surface area contributed by atoms with E-state index in [0.717, 1.165) is 0 Å². The lowest BCUT2D eigenvalue weighted by molar-refractivity contribution is -0.136. The Morgan fingerprint density at radius 2 is 2.21 bits per heavy atom. The van der Waals surface area contributed by atoms with Crippen LogP contribution in [0.5, 0.6) is 0 Å². The number of carboxylic acid groups (broad SMARTS) is 1. The fourth-order valence-corrected chi connectivity index (χ4v) is 2.44. The number of thioether (sulfide) groups is 1. The molecule has 1 aromatic heterocycles. The number of hydrogen-bond donors (Lipinski definition) is 1. The maximum Gasteiger partial charge on any atom is 0.304 e. The van der Waals surface area contributed by atoms with Crippen LogP contribution in [0.1, 0.15) is 13.3 Å². The van der Waals surface area contributed by atoms with Crippen molar-refractivity contribution in [1.82, 2.24) is 15.0 Å². The van der Waals surface area contributed by atoms with Gasteiger partial charge in [-0.25, -0.2) is 4.68 Å². The van der Waals surface area contributed by atoms with Crippen LogP contribution in [0.2, 0.25) is 0 Å². The van der Waals surface area contributed by atoms with E-state index in [1.54, 1.807) is 31.2 Å². The van der Waals surface area contributed by atoms with E-state index in [2.05, 4.69) is 10.3 Å². The Balaban J connectivity index is 2.15. The smallest absolute Gasteiger partial charge is 0.304 e. The van der Waals surface area contributed by atoms with Gasteiger partial charge >= 0.3 is 5.97 Å². The topological polar surface area (TPSA) is 85.1 Å². The number of aromatic nitrogens is 3. The summed E-state index contributed by atoms with van der Waals surface area (Å²) in [5.74, 6) is -0.553. The monoisotopic (exact) mass is 279 g/mol. The summed E-state index contributed by atoms with van der Waals surface area (Å²) < 4.78 is 1.26. The second kappa shape index (κ2) is 5.83. The fourth-order valence-electron chi connectivity index (χ4n) is 1.61. The standard InChI is InChI=1S/C12H13N3O3S/c1-8(6-11(16)17)19-7-15-12(18)9-4-2-3-5-10(9)13-14-15/h2-5,8H,6-7H2,1H3,(H,16,17). The molecule has 1 aromatic carbocycles. The van der Waals surface area contributed by atoms with Crippen LogP contribution in [0, 0.1) is 0 Å². The minimum Gasteiger partial charge on any atom is -0.481 e. The van der Waals surface area contributed by atoms with Crippen molar-refractivity contribution in [2.24, 2.45) is 0 Å². The second-order valence-electron chi connectivity index (χ2n) is 4.12. The van der Waals surface area contributed by atoms with E-state index in [-0.39, 0.29) is 17.2 Å². The molecule has 1 unspecified atom stereocenters. The number of carboxylic acids is 1. The first-order valence-corrected chi connectivity index (χ1v) is 6.78. The molecule has 0 radical (unpaired) electrons. The zero-order valence-corrected chi connectivity index (χ0v) is 11.1. The molecule has 0 spiro atoms. The molecule has 1 N–H and O–H groups in total. The summed E-state index contributed by atoms with van der Waals surface area (Å²) in [6.07, 6.45) is 0.0560. The first-order valence-electron chi connectivity index (χ1n) is 5.74. The Kier molecular flexibility index (Phi) is 4.16. The van der Waals surface area contributed by atoms with E-state index < -0.39 is 5.97 Å². The normalized spacial score (nSPS) is 12.5. The number of carbonyl (C=O) groups is 1. The molecule has 0 aliphatic carbocycles. The van der Waals surface area contributed by atoms with E-state index in [1.807, 2.05) is 0 Å². The first-order chi connectivity index (χ1) is 9.08. The molecule has 100 valence electrons. The molecule has 0 saturated heterocycles. The molecule has 6 nitrogen and oxygen atoms in total. The number of rotatable bonds is 5. The van der Waals surface area contributed by atoms with Crippen LogP contribution in [0.15, 0.2) is 29.1 Å². The van der Waals surface area contributed by atoms with Crippen LogP contribution in [0.4, 0.5) is 0 Å². The van der Waals surface area contributed by atoms with Gasteiger partial charge in [-0.15, -0.1) is 16.9 Å². The highest BCUT2D eigenvalue weighted by Gasteiger charge is 2.10. The van der Waals surface area contributed by atoms with E-state index in [4.69, 9.17) is 5.11 Å². The van der Waals surface area contributed by atoms with E-state index in [1.165, 1.54) is 16.4 Å². The molecule has 2 aromatic rings. The summed E-state index contributed by atoms with van der Waals surface area (Å²) in [5.41, 5.74) is 0.355. The molecule has 0 bridgehead atoms. The van der Waals surface area contributed by atoms with Crippen molar-refractivity contribution >= 4 is 28.6 Å². The molecular weight excluding hydrogens is 266 g/mol. The third-order valence-corrected chi connectivity index (χ3v) is 3.70. The molecule has 2 rings (SSSR count). The van der Waals surface area contributed by atoms with Gasteiger partial charge in [0.1, 0.15) is 5.52 Å². The quantitative estimate of drug-likeness (QED) is 0.889. The summed E-state index contributed by atoms with van der Waals surface area (Å²) in [5, 5.41) is 16.9. The van der Waals surface area contributed by atoms with Gasteiger partial charge in [-0.1, -0.05) is 24.3 Å². The van der Waals surface area contributed by atoms with Gasteiger partial charge in [0, 0.05) is 5.25 Å². The third-order valence-electron chi connectivity index (χ3n) is 2.57. The highest BCUT2D eigenvalue weighted by Crippen LogP contribution is 2.15. The maximum atomic E-state index is 12.1. The molecule has 7 heteroatoms. The van der Waals surface area contributed by atoms with Crippen molar-refractivity contribution in [1.29, 1.82) is 0 Å². The molecule has 0 aliphatic rings. The van der Waals surface area contributed by atoms with Crippen molar-refractivity contribution in [3.63, 3.8) is 0 Å². The average Bonchev–Trinajstić information content (AvgIpc) is 2.37. The molecule has 0 saturated carbocycles. The lowest BCUT2D eigenvalue weighted by Crippen LogP contribution is -2.24. The Bertz CT molecular complexity index is 656. The molecule has 1 atom stereocenters. The van der Waals surface area contributed by atoms with Crippen LogP contribution >= 0.6 is 11.8 Å². The van der Waals surface area contributed by atoms with Crippen LogP contribution in [-0.4, -0.2) is 31.3 Å². The number of hydrogen-bond acceptors (Lipinski definition) is 5. The summed E-state index contributed by atoms with van der Waals surface area (Å²) in [6, 6.07) is 7.00. The Morgan fingerprint density at radius 1 is 1.47 bits per heavy atom. The predicted octanol–water partition coefficient (Wildman–Crippen LogP) is 1.35. The molecule has 1 heterocycles. The van der Waals surface area contributed by atoms with Crippen LogP contribution < -0.4 is 5.56 Å². The molecule has 0 fully saturated rings. The van der Waals surface area contributed by atoms with Crippen molar-refractivity contribution in [3.05, 3.63) is 34.6 Å². The highest BCUT2D eigenvalue weighted by atomic mass is 32.2. The lowest BCUT2D eigenvalue weighted by atomic mass is 10.2. The number of fused-ring (bicyclic) bond motifs is 1. The summed E-state index contributed by atoms with van der Waals surface area (Å²) >= 11 is 1.36. The Morgan fingerprint density at radius 3 is 2.95 bits per heavy atom. The molecule has 0 amide bonds. The molecule has 19 heavy (non-hydrogen) atoms. The van der Waals surface area contributed by atoms with Crippen LogP contribution in [-0.2, 0) is 10.7 Å².